The van der Waals surface area contributed by atoms with Gasteiger partial charge < -0.3 is 15.1 Å². The molecule has 1 unspecified atom stereocenters. The molecule has 5 nitrogen and oxygen atoms in total. The van der Waals surface area contributed by atoms with Gasteiger partial charge in [0.1, 0.15) is 11.8 Å². The van der Waals surface area contributed by atoms with E-state index in [1.165, 1.54) is 17.0 Å². The maximum Gasteiger partial charge on any atom is 0.326 e. The van der Waals surface area contributed by atoms with Gasteiger partial charge in [-0.3, -0.25) is 4.79 Å². The van der Waals surface area contributed by atoms with E-state index in [1.54, 1.807) is 13.0 Å². The van der Waals surface area contributed by atoms with E-state index in [9.17, 15) is 19.8 Å². The number of carbonyl (C=O) groups is 2. The Bertz CT molecular complexity index is 527. The minimum absolute atomic E-state index is 0.102. The average Bonchev–Trinajstić information content (AvgIpc) is 2.63. The Morgan fingerprint density at radius 3 is 2.65 bits per heavy atom. The number of rotatable bonds is 2. The molecule has 2 N–H and O–H groups in total. The molecule has 5 heteroatoms. The number of phenolic OH excluding ortho intramolecular Hbond substituents is 1. The third kappa shape index (κ3) is 2.92. The van der Waals surface area contributed by atoms with Gasteiger partial charge in [0.05, 0.1) is 0 Å². The Morgan fingerprint density at radius 2 is 2.00 bits per heavy atom. The third-order valence-electron chi connectivity index (χ3n) is 3.74. The molecule has 1 fully saturated rings. The van der Waals surface area contributed by atoms with E-state index in [0.717, 1.165) is 19.3 Å². The lowest BCUT2D eigenvalue weighted by molar-refractivity contribution is -0.142. The molecule has 108 valence electrons. The fourth-order valence-electron chi connectivity index (χ4n) is 2.65. The molecular formula is C15H19NO4. The van der Waals surface area contributed by atoms with Crippen LogP contribution >= 0.6 is 0 Å². The Balaban J connectivity index is 2.31. The zero-order valence-electron chi connectivity index (χ0n) is 11.5. The van der Waals surface area contributed by atoms with Gasteiger partial charge in [-0.15, -0.1) is 0 Å². The molecule has 1 aromatic carbocycles. The molecule has 20 heavy (non-hydrogen) atoms. The zero-order chi connectivity index (χ0) is 14.7. The largest absolute Gasteiger partial charge is 0.508 e. The second kappa shape index (κ2) is 5.94. The van der Waals surface area contributed by atoms with Crippen molar-refractivity contribution < 1.29 is 19.8 Å². The van der Waals surface area contributed by atoms with Gasteiger partial charge in [0.2, 0.25) is 0 Å². The van der Waals surface area contributed by atoms with Crippen molar-refractivity contribution in [2.75, 3.05) is 6.54 Å². The Labute approximate surface area is 117 Å². The second-order valence-corrected chi connectivity index (χ2v) is 5.20. The number of benzene rings is 1. The van der Waals surface area contributed by atoms with Gasteiger partial charge in [-0.05, 0) is 43.5 Å². The highest BCUT2D eigenvalue weighted by Crippen LogP contribution is 2.22. The smallest absolute Gasteiger partial charge is 0.326 e. The van der Waals surface area contributed by atoms with Crippen LogP contribution in [-0.4, -0.2) is 39.6 Å². The summed E-state index contributed by atoms with van der Waals surface area (Å²) >= 11 is 0. The van der Waals surface area contributed by atoms with E-state index in [-0.39, 0.29) is 11.7 Å². The summed E-state index contributed by atoms with van der Waals surface area (Å²) in [5.74, 6) is -1.11. The quantitative estimate of drug-likeness (QED) is 0.868. The van der Waals surface area contributed by atoms with Crippen molar-refractivity contribution in [2.45, 2.75) is 38.6 Å². The SMILES string of the molecule is Cc1cc(O)ccc1C(=O)N1CCCCCC1C(=O)O. The van der Waals surface area contributed by atoms with Crippen LogP contribution in [0.3, 0.4) is 0 Å². The Hall–Kier alpha value is -2.04. The number of aryl methyl sites for hydroxylation is 1. The first-order valence-corrected chi connectivity index (χ1v) is 6.84. The Kier molecular flexibility index (Phi) is 4.27. The van der Waals surface area contributed by atoms with E-state index >= 15 is 0 Å². The average molecular weight is 277 g/mol. The predicted molar refractivity (Wildman–Crippen MR) is 73.8 cm³/mol. The van der Waals surface area contributed by atoms with Crippen LogP contribution in [0.1, 0.15) is 41.6 Å². The monoisotopic (exact) mass is 277 g/mol. The number of aromatic hydroxyl groups is 1. The lowest BCUT2D eigenvalue weighted by atomic mass is 10.1. The predicted octanol–water partition coefficient (Wildman–Crippen LogP) is 2.17. The molecule has 0 saturated carbocycles. The lowest BCUT2D eigenvalue weighted by Crippen LogP contribution is -2.44. The van der Waals surface area contributed by atoms with Crippen molar-refractivity contribution in [3.63, 3.8) is 0 Å². The minimum atomic E-state index is -0.948. The third-order valence-corrected chi connectivity index (χ3v) is 3.74. The molecular weight excluding hydrogens is 258 g/mol. The first-order valence-electron chi connectivity index (χ1n) is 6.84. The summed E-state index contributed by atoms with van der Waals surface area (Å²) in [6, 6.07) is 3.77. The minimum Gasteiger partial charge on any atom is -0.508 e. The van der Waals surface area contributed by atoms with Crippen LogP contribution in [-0.2, 0) is 4.79 Å². The van der Waals surface area contributed by atoms with Crippen molar-refractivity contribution >= 4 is 11.9 Å². The van der Waals surface area contributed by atoms with Gasteiger partial charge in [-0.2, -0.15) is 0 Å². The molecule has 0 aromatic heterocycles. The Morgan fingerprint density at radius 1 is 1.25 bits per heavy atom. The summed E-state index contributed by atoms with van der Waals surface area (Å²) in [5.41, 5.74) is 1.11. The van der Waals surface area contributed by atoms with Crippen molar-refractivity contribution in [1.29, 1.82) is 0 Å². The van der Waals surface area contributed by atoms with Crippen LogP contribution in [0.2, 0.25) is 0 Å². The van der Waals surface area contributed by atoms with Crippen LogP contribution < -0.4 is 0 Å². The van der Waals surface area contributed by atoms with Gasteiger partial charge >= 0.3 is 5.97 Å². The summed E-state index contributed by atoms with van der Waals surface area (Å²) in [5, 5.41) is 18.7. The van der Waals surface area contributed by atoms with Gasteiger partial charge in [0.15, 0.2) is 0 Å². The summed E-state index contributed by atoms with van der Waals surface area (Å²) < 4.78 is 0. The molecule has 1 saturated heterocycles. The van der Waals surface area contributed by atoms with Crippen molar-refractivity contribution in [3.05, 3.63) is 29.3 Å². The first kappa shape index (κ1) is 14.4. The van der Waals surface area contributed by atoms with Gasteiger partial charge in [-0.1, -0.05) is 12.8 Å². The van der Waals surface area contributed by atoms with Crippen molar-refractivity contribution in [1.82, 2.24) is 4.90 Å². The van der Waals surface area contributed by atoms with Crippen LogP contribution in [0.25, 0.3) is 0 Å². The zero-order valence-corrected chi connectivity index (χ0v) is 11.5. The van der Waals surface area contributed by atoms with E-state index in [4.69, 9.17) is 0 Å². The molecule has 0 bridgehead atoms. The molecule has 0 aliphatic carbocycles. The van der Waals surface area contributed by atoms with Crippen LogP contribution in [0.4, 0.5) is 0 Å². The van der Waals surface area contributed by atoms with E-state index in [2.05, 4.69) is 0 Å². The molecule has 0 spiro atoms. The number of aliphatic carboxylic acids is 1. The van der Waals surface area contributed by atoms with Crippen molar-refractivity contribution in [2.24, 2.45) is 0 Å². The summed E-state index contributed by atoms with van der Waals surface area (Å²) in [6.07, 6.45) is 3.10. The molecule has 1 aromatic rings. The van der Waals surface area contributed by atoms with E-state index in [1.807, 2.05) is 0 Å². The number of likely N-dealkylation sites (tertiary alicyclic amines) is 1. The van der Waals surface area contributed by atoms with Gasteiger partial charge in [-0.25, -0.2) is 4.79 Å². The lowest BCUT2D eigenvalue weighted by Gasteiger charge is -2.27. The van der Waals surface area contributed by atoms with E-state index < -0.39 is 12.0 Å². The number of carboxylic acids is 1. The van der Waals surface area contributed by atoms with Gasteiger partial charge in [0, 0.05) is 12.1 Å². The normalized spacial score (nSPS) is 19.4. The second-order valence-electron chi connectivity index (χ2n) is 5.20. The number of carbonyl (C=O) groups excluding carboxylic acids is 1. The number of amides is 1. The van der Waals surface area contributed by atoms with Crippen LogP contribution in [0, 0.1) is 6.92 Å². The summed E-state index contributed by atoms with van der Waals surface area (Å²) in [7, 11) is 0. The topological polar surface area (TPSA) is 77.8 Å². The molecule has 0 radical (unpaired) electrons. The number of hydrogen-bond donors (Lipinski definition) is 2. The molecule has 2 rings (SSSR count). The number of hydrogen-bond acceptors (Lipinski definition) is 3. The fraction of sp³-hybridized carbons (Fsp3) is 0.467. The number of carboxylic acid groups (broad SMARTS) is 1. The van der Waals surface area contributed by atoms with Gasteiger partial charge in [0.25, 0.3) is 5.91 Å². The standard InChI is InChI=1S/C15H19NO4/c1-10-9-11(17)6-7-12(10)14(18)16-8-4-2-3-5-13(16)15(19)20/h6-7,9,13,17H,2-5,8H2,1H3,(H,19,20). The molecule has 1 amide bonds. The fourth-order valence-corrected chi connectivity index (χ4v) is 2.65. The molecule has 1 aliphatic heterocycles. The number of phenols is 1. The number of nitrogens with zero attached hydrogens (tertiary/aromatic N) is 1. The highest BCUT2D eigenvalue weighted by Gasteiger charge is 2.31. The summed E-state index contributed by atoms with van der Waals surface area (Å²) in [4.78, 5) is 25.4. The maximum atomic E-state index is 12.6. The maximum absolute atomic E-state index is 12.6. The summed E-state index contributed by atoms with van der Waals surface area (Å²) in [6.45, 7) is 2.21. The van der Waals surface area contributed by atoms with E-state index in [0.29, 0.717) is 24.1 Å². The molecule has 1 heterocycles. The molecule has 1 aliphatic rings. The molecule has 1 atom stereocenters. The van der Waals surface area contributed by atoms with Crippen molar-refractivity contribution in [3.8, 4) is 5.75 Å². The van der Waals surface area contributed by atoms with Crippen LogP contribution in [0.15, 0.2) is 18.2 Å². The highest BCUT2D eigenvalue weighted by atomic mass is 16.4. The highest BCUT2D eigenvalue weighted by molar-refractivity contribution is 5.98. The first-order chi connectivity index (χ1) is 9.50. The van der Waals surface area contributed by atoms with Crippen LogP contribution in [0.5, 0.6) is 5.75 Å².